The summed E-state index contributed by atoms with van der Waals surface area (Å²) in [6.07, 6.45) is 62.8. The van der Waals surface area contributed by atoms with Crippen molar-refractivity contribution >= 4 is 11.9 Å². The normalized spacial score (nSPS) is 13.5. The zero-order valence-electron chi connectivity index (χ0n) is 33.5. The van der Waals surface area contributed by atoms with Gasteiger partial charge in [0.1, 0.15) is 6.61 Å². The summed E-state index contributed by atoms with van der Waals surface area (Å²) >= 11 is 0. The van der Waals surface area contributed by atoms with Gasteiger partial charge in [0.2, 0.25) is 0 Å². The number of rotatable bonds is 35. The summed E-state index contributed by atoms with van der Waals surface area (Å²) in [4.78, 5) is 24.2. The van der Waals surface area contributed by atoms with E-state index in [1.54, 1.807) is 0 Å². The molecule has 0 radical (unpaired) electrons. The maximum atomic E-state index is 12.1. The molecule has 0 aromatic carbocycles. The van der Waals surface area contributed by atoms with Gasteiger partial charge in [0.25, 0.3) is 0 Å². The Morgan fingerprint density at radius 1 is 0.453 bits per heavy atom. The van der Waals surface area contributed by atoms with Crippen molar-refractivity contribution in [3.8, 4) is 0 Å². The van der Waals surface area contributed by atoms with E-state index in [2.05, 4.69) is 135 Å². The van der Waals surface area contributed by atoms with E-state index in [4.69, 9.17) is 9.47 Å². The molecule has 0 aliphatic rings. The molecule has 1 N–H and O–H groups in total. The van der Waals surface area contributed by atoms with E-state index in [0.717, 1.165) is 96.3 Å². The van der Waals surface area contributed by atoms with Crippen LogP contribution < -0.4 is 0 Å². The van der Waals surface area contributed by atoms with Gasteiger partial charge in [-0.1, -0.05) is 161 Å². The van der Waals surface area contributed by atoms with Gasteiger partial charge in [-0.15, -0.1) is 0 Å². The summed E-state index contributed by atoms with van der Waals surface area (Å²) in [5, 5.41) is 9.53. The van der Waals surface area contributed by atoms with Gasteiger partial charge in [-0.05, 0) is 96.3 Å². The van der Waals surface area contributed by atoms with Crippen LogP contribution >= 0.6 is 0 Å². The maximum Gasteiger partial charge on any atom is 0.306 e. The number of unbranched alkanes of at least 4 members (excludes halogenated alkanes) is 7. The predicted molar refractivity (Wildman–Crippen MR) is 228 cm³/mol. The van der Waals surface area contributed by atoms with Crippen LogP contribution in [0.25, 0.3) is 0 Å². The summed E-state index contributed by atoms with van der Waals surface area (Å²) < 4.78 is 10.5. The van der Waals surface area contributed by atoms with Crippen LogP contribution in [0.4, 0.5) is 0 Å². The second-order valence-corrected chi connectivity index (χ2v) is 13.0. The van der Waals surface area contributed by atoms with Crippen molar-refractivity contribution < 1.29 is 24.2 Å². The minimum atomic E-state index is -0.812. The molecule has 0 fully saturated rings. The van der Waals surface area contributed by atoms with Crippen molar-refractivity contribution in [2.45, 2.75) is 155 Å². The molecule has 0 aliphatic heterocycles. The van der Waals surface area contributed by atoms with Crippen molar-refractivity contribution in [3.05, 3.63) is 122 Å². The van der Waals surface area contributed by atoms with Crippen LogP contribution in [0.3, 0.4) is 0 Å². The lowest BCUT2D eigenvalue weighted by Crippen LogP contribution is -2.28. The molecule has 0 saturated carbocycles. The summed E-state index contributed by atoms with van der Waals surface area (Å²) in [6.45, 7) is 3.87. The van der Waals surface area contributed by atoms with E-state index < -0.39 is 6.10 Å². The van der Waals surface area contributed by atoms with E-state index in [0.29, 0.717) is 12.8 Å². The first-order valence-corrected chi connectivity index (χ1v) is 20.6. The highest BCUT2D eigenvalue weighted by Crippen LogP contribution is 2.10. The lowest BCUT2D eigenvalue weighted by molar-refractivity contribution is -0.161. The lowest BCUT2D eigenvalue weighted by atomic mass is 10.1. The number of allylic oxidation sites excluding steroid dienone is 20. The molecule has 0 heterocycles. The van der Waals surface area contributed by atoms with Gasteiger partial charge in [-0.3, -0.25) is 9.59 Å². The molecule has 5 nitrogen and oxygen atoms in total. The Labute approximate surface area is 324 Å². The maximum absolute atomic E-state index is 12.1. The molecule has 0 aliphatic carbocycles. The van der Waals surface area contributed by atoms with Crippen LogP contribution in [-0.4, -0.2) is 36.4 Å². The van der Waals surface area contributed by atoms with Crippen LogP contribution in [0, 0.1) is 0 Å². The average Bonchev–Trinajstić information content (AvgIpc) is 3.16. The quantitative estimate of drug-likeness (QED) is 0.0399. The monoisotopic (exact) mass is 731 g/mol. The van der Waals surface area contributed by atoms with Crippen LogP contribution in [-0.2, 0) is 19.1 Å². The number of carbonyl (C=O) groups excluding carboxylic acids is 2. The van der Waals surface area contributed by atoms with Gasteiger partial charge >= 0.3 is 11.9 Å². The minimum absolute atomic E-state index is 0.102. The Kier molecular flexibility index (Phi) is 39.7. The SMILES string of the molecule is CC/C=C\C/C=C\C/C=C\C/C=C\C/C=C\C/C=C\C/C=C\C/C=C\C/C=C\CCCC(=O)OC(CO)COC(=O)CCCCCCC/C=C\CCC. The number of aliphatic hydroxyl groups is 1. The zero-order valence-corrected chi connectivity index (χ0v) is 33.5. The third kappa shape index (κ3) is 40.9. The van der Waals surface area contributed by atoms with Crippen molar-refractivity contribution in [3.63, 3.8) is 0 Å². The predicted octanol–water partition coefficient (Wildman–Crippen LogP) is 13.2. The number of carbonyl (C=O) groups is 2. The molecule has 5 heteroatoms. The summed E-state index contributed by atoms with van der Waals surface area (Å²) in [6, 6.07) is 0. The van der Waals surface area contributed by atoms with Gasteiger partial charge in [0.15, 0.2) is 6.10 Å². The molecule has 53 heavy (non-hydrogen) atoms. The first-order valence-electron chi connectivity index (χ1n) is 20.6. The minimum Gasteiger partial charge on any atom is -0.462 e. The molecule has 0 saturated heterocycles. The van der Waals surface area contributed by atoms with Gasteiger partial charge in [0.05, 0.1) is 6.61 Å². The molecule has 0 bridgehead atoms. The molecule has 0 aromatic heterocycles. The molecule has 1 atom stereocenters. The Morgan fingerprint density at radius 3 is 1.30 bits per heavy atom. The molecular formula is C48H74O5. The topological polar surface area (TPSA) is 72.8 Å². The fraction of sp³-hybridized carbons (Fsp3) is 0.542. The molecule has 0 spiro atoms. The van der Waals surface area contributed by atoms with Crippen molar-refractivity contribution in [2.24, 2.45) is 0 Å². The Bertz CT molecular complexity index is 1140. The zero-order chi connectivity index (χ0) is 38.6. The number of hydrogen-bond donors (Lipinski definition) is 1. The van der Waals surface area contributed by atoms with Crippen LogP contribution in [0.1, 0.15) is 149 Å². The number of aliphatic hydroxyl groups excluding tert-OH is 1. The summed E-state index contributed by atoms with van der Waals surface area (Å²) in [7, 11) is 0. The summed E-state index contributed by atoms with van der Waals surface area (Å²) in [5.74, 6) is -0.688. The molecular weight excluding hydrogens is 657 g/mol. The average molecular weight is 731 g/mol. The lowest BCUT2D eigenvalue weighted by Gasteiger charge is -2.15. The molecule has 0 amide bonds. The second kappa shape index (κ2) is 42.7. The third-order valence-corrected chi connectivity index (χ3v) is 7.97. The molecule has 296 valence electrons. The number of ether oxygens (including phenoxy) is 2. The van der Waals surface area contributed by atoms with Crippen molar-refractivity contribution in [2.75, 3.05) is 13.2 Å². The van der Waals surface area contributed by atoms with Gasteiger partial charge in [-0.2, -0.15) is 0 Å². The highest BCUT2D eigenvalue weighted by Gasteiger charge is 2.15. The highest BCUT2D eigenvalue weighted by atomic mass is 16.6. The Balaban J connectivity index is 3.76. The van der Waals surface area contributed by atoms with Gasteiger partial charge < -0.3 is 14.6 Å². The smallest absolute Gasteiger partial charge is 0.306 e. The fourth-order valence-electron chi connectivity index (χ4n) is 4.91. The van der Waals surface area contributed by atoms with Crippen LogP contribution in [0.5, 0.6) is 0 Å². The number of hydrogen-bond acceptors (Lipinski definition) is 5. The standard InChI is InChI=1S/C48H74O5/c1-3-5-7-9-11-13-15-16-17-18-19-20-21-22-23-24-25-26-27-28-29-30-31-32-33-35-37-39-41-43-48(51)53-46(44-49)45-52-47(50)42-40-38-36-34-14-12-10-8-6-4-2/h5,7-8,10-11,13,16-17,19-20,22-23,25-26,28-29,31-32,35,37,46,49H,3-4,6,9,12,14-15,18,21,24,27,30,33-34,36,38-45H2,1-2H3/b7-5-,10-8-,13-11-,17-16-,20-19-,23-22-,26-25-,29-28-,32-31-,37-35-. The fourth-order valence-corrected chi connectivity index (χ4v) is 4.91. The molecule has 1 unspecified atom stereocenters. The Hall–Kier alpha value is -3.70. The van der Waals surface area contributed by atoms with Crippen molar-refractivity contribution in [1.29, 1.82) is 0 Å². The van der Waals surface area contributed by atoms with E-state index >= 15 is 0 Å². The van der Waals surface area contributed by atoms with Gasteiger partial charge in [-0.25, -0.2) is 0 Å². The van der Waals surface area contributed by atoms with E-state index in [9.17, 15) is 14.7 Å². The first kappa shape index (κ1) is 49.3. The largest absolute Gasteiger partial charge is 0.462 e. The van der Waals surface area contributed by atoms with E-state index in [1.807, 2.05) is 0 Å². The Morgan fingerprint density at radius 2 is 0.830 bits per heavy atom. The van der Waals surface area contributed by atoms with Crippen LogP contribution in [0.15, 0.2) is 122 Å². The van der Waals surface area contributed by atoms with Crippen molar-refractivity contribution in [1.82, 2.24) is 0 Å². The molecule has 0 rings (SSSR count). The first-order chi connectivity index (χ1) is 26.1. The van der Waals surface area contributed by atoms with Gasteiger partial charge in [0, 0.05) is 12.8 Å². The second-order valence-electron chi connectivity index (χ2n) is 13.0. The third-order valence-electron chi connectivity index (χ3n) is 7.97. The van der Waals surface area contributed by atoms with Crippen LogP contribution in [0.2, 0.25) is 0 Å². The summed E-state index contributed by atoms with van der Waals surface area (Å²) in [5.41, 5.74) is 0. The van der Waals surface area contributed by atoms with E-state index in [1.165, 1.54) is 19.3 Å². The molecule has 0 aromatic rings. The number of esters is 2. The highest BCUT2D eigenvalue weighted by molar-refractivity contribution is 5.70. The van der Waals surface area contributed by atoms with E-state index in [-0.39, 0.29) is 31.6 Å².